The molecule has 2 unspecified atom stereocenters. The zero-order valence-corrected chi connectivity index (χ0v) is 8.62. The quantitative estimate of drug-likeness (QED) is 0.293. The molecule has 0 aromatic heterocycles. The summed E-state index contributed by atoms with van der Waals surface area (Å²) in [4.78, 5) is 10.0. The number of rotatable bonds is 2. The Morgan fingerprint density at radius 3 is 1.86 bits per heavy atom. The average Bonchev–Trinajstić information content (AvgIpc) is 3.00. The molecular formula is C10H16O4. The van der Waals surface area contributed by atoms with Crippen LogP contribution < -0.4 is 0 Å². The van der Waals surface area contributed by atoms with Crippen molar-refractivity contribution in [1.82, 2.24) is 0 Å². The van der Waals surface area contributed by atoms with E-state index in [0.29, 0.717) is 12.5 Å². The molecule has 0 aromatic rings. The molecule has 4 heteroatoms. The van der Waals surface area contributed by atoms with Crippen LogP contribution in [0.15, 0.2) is 0 Å². The third-order valence-electron chi connectivity index (χ3n) is 2.01. The first-order valence-electron chi connectivity index (χ1n) is 4.77. The molecule has 0 amide bonds. The minimum atomic E-state index is -0.0492. The van der Waals surface area contributed by atoms with Crippen molar-refractivity contribution >= 4 is 5.97 Å². The Kier molecular flexibility index (Phi) is 7.11. The molecular weight excluding hydrogens is 184 g/mol. The summed E-state index contributed by atoms with van der Waals surface area (Å²) in [7, 11) is 0. The fourth-order valence-electron chi connectivity index (χ4n) is 0.894. The summed E-state index contributed by atoms with van der Waals surface area (Å²) in [5.41, 5.74) is 0. The van der Waals surface area contributed by atoms with Gasteiger partial charge in [0.15, 0.2) is 0 Å². The molecule has 0 bridgehead atoms. The van der Waals surface area contributed by atoms with Crippen LogP contribution in [0.5, 0.6) is 0 Å². The van der Waals surface area contributed by atoms with Crippen LogP contribution in [-0.4, -0.2) is 24.8 Å². The first-order chi connectivity index (χ1) is 6.76. The standard InChI is InChI=1S/C5H8O2.C4H8O.CO/c1-2-4-3-5(6)7-4;1-2-4-3-5-4;1-2/h4H,2-3H2,1H3;4H,2-3H2,1H3;. The molecule has 0 aromatic carbocycles. The van der Waals surface area contributed by atoms with Crippen molar-refractivity contribution in [3.05, 3.63) is 6.65 Å². The van der Waals surface area contributed by atoms with Crippen molar-refractivity contribution in [3.8, 4) is 0 Å². The van der Waals surface area contributed by atoms with E-state index in [1.807, 2.05) is 6.92 Å². The van der Waals surface area contributed by atoms with Crippen molar-refractivity contribution in [3.63, 3.8) is 0 Å². The Labute approximate surface area is 84.3 Å². The van der Waals surface area contributed by atoms with Gasteiger partial charge in [-0.2, -0.15) is 0 Å². The summed E-state index contributed by atoms with van der Waals surface area (Å²) in [6.45, 7) is 9.66. The number of ether oxygens (including phenoxy) is 2. The molecule has 2 fully saturated rings. The molecule has 0 radical (unpaired) electrons. The number of carbonyl (C=O) groups excluding carboxylic acids is 1. The molecule has 2 rings (SSSR count). The van der Waals surface area contributed by atoms with E-state index >= 15 is 0 Å². The third-order valence-corrected chi connectivity index (χ3v) is 2.01. The average molecular weight is 200 g/mol. The fourth-order valence-corrected chi connectivity index (χ4v) is 0.894. The van der Waals surface area contributed by atoms with Crippen molar-refractivity contribution in [2.24, 2.45) is 0 Å². The summed E-state index contributed by atoms with van der Waals surface area (Å²) in [5.74, 6) is -0.0492. The molecule has 0 N–H and O–H groups in total. The van der Waals surface area contributed by atoms with E-state index in [2.05, 4.69) is 18.3 Å². The van der Waals surface area contributed by atoms with Gasteiger partial charge in [0, 0.05) is 0 Å². The second kappa shape index (κ2) is 7.56. The molecule has 0 saturated carbocycles. The zero-order valence-electron chi connectivity index (χ0n) is 8.62. The van der Waals surface area contributed by atoms with Crippen LogP contribution >= 0.6 is 0 Å². The fraction of sp³-hybridized carbons (Fsp3) is 0.800. The van der Waals surface area contributed by atoms with Crippen LogP contribution in [0, 0.1) is 6.65 Å². The van der Waals surface area contributed by atoms with Gasteiger partial charge in [0.2, 0.25) is 0 Å². The van der Waals surface area contributed by atoms with E-state index in [1.165, 1.54) is 6.42 Å². The normalized spacial score (nSPS) is 26.7. The zero-order chi connectivity index (χ0) is 11.0. The Bertz CT molecular complexity index is 176. The Balaban J connectivity index is 0.000000213. The Morgan fingerprint density at radius 1 is 1.36 bits per heavy atom. The molecule has 2 heterocycles. The summed E-state index contributed by atoms with van der Waals surface area (Å²) in [6.07, 6.45) is 3.67. The van der Waals surface area contributed by atoms with Crippen LogP contribution in [-0.2, 0) is 18.9 Å². The van der Waals surface area contributed by atoms with Gasteiger partial charge < -0.3 is 9.47 Å². The van der Waals surface area contributed by atoms with E-state index in [9.17, 15) is 4.79 Å². The number of cyclic esters (lactones) is 1. The number of hydrogen-bond donors (Lipinski definition) is 0. The van der Waals surface area contributed by atoms with Gasteiger partial charge in [-0.05, 0) is 12.8 Å². The minimum absolute atomic E-state index is 0.0492. The topological polar surface area (TPSA) is 58.7 Å². The predicted octanol–water partition coefficient (Wildman–Crippen LogP) is 1.47. The van der Waals surface area contributed by atoms with Crippen LogP contribution in [0.3, 0.4) is 0 Å². The number of hydrogen-bond acceptors (Lipinski definition) is 3. The summed E-state index contributed by atoms with van der Waals surface area (Å²) in [6, 6.07) is 0. The van der Waals surface area contributed by atoms with E-state index in [-0.39, 0.29) is 12.1 Å². The second-order valence-electron chi connectivity index (χ2n) is 3.09. The summed E-state index contributed by atoms with van der Waals surface area (Å²) in [5, 5.41) is 0. The van der Waals surface area contributed by atoms with Gasteiger partial charge in [0.05, 0.1) is 19.1 Å². The van der Waals surface area contributed by atoms with Gasteiger partial charge in [-0.3, -0.25) is 4.79 Å². The summed E-state index contributed by atoms with van der Waals surface area (Å²) < 4.78 is 17.0. The SMILES string of the molecule is CCC1CC(=O)O1.CCC1CO1.[C-]#[O+]. The molecule has 2 aliphatic heterocycles. The van der Waals surface area contributed by atoms with Crippen molar-refractivity contribution in [2.75, 3.05) is 6.61 Å². The molecule has 0 aliphatic carbocycles. The predicted molar refractivity (Wildman–Crippen MR) is 48.7 cm³/mol. The second-order valence-corrected chi connectivity index (χ2v) is 3.09. The number of esters is 1. The van der Waals surface area contributed by atoms with Crippen molar-refractivity contribution < 1.29 is 18.9 Å². The van der Waals surface area contributed by atoms with Crippen LogP contribution in [0.25, 0.3) is 0 Å². The van der Waals surface area contributed by atoms with Gasteiger partial charge in [-0.1, -0.05) is 13.8 Å². The first-order valence-corrected chi connectivity index (χ1v) is 4.77. The first kappa shape index (κ1) is 13.2. The van der Waals surface area contributed by atoms with Gasteiger partial charge in [0.1, 0.15) is 6.10 Å². The number of carbonyl (C=O) groups is 1. The number of epoxide rings is 1. The van der Waals surface area contributed by atoms with E-state index < -0.39 is 0 Å². The molecule has 4 nitrogen and oxygen atoms in total. The van der Waals surface area contributed by atoms with Crippen LogP contribution in [0.4, 0.5) is 0 Å². The maximum absolute atomic E-state index is 10.0. The monoisotopic (exact) mass is 200 g/mol. The van der Waals surface area contributed by atoms with Gasteiger partial charge >= 0.3 is 17.3 Å². The van der Waals surface area contributed by atoms with Crippen molar-refractivity contribution in [1.29, 1.82) is 0 Å². The van der Waals surface area contributed by atoms with Crippen LogP contribution in [0.1, 0.15) is 33.1 Å². The molecule has 80 valence electrons. The Morgan fingerprint density at radius 2 is 1.79 bits per heavy atom. The maximum atomic E-state index is 10.0. The van der Waals surface area contributed by atoms with E-state index in [1.54, 1.807) is 0 Å². The Hall–Kier alpha value is -0.830. The molecule has 2 aliphatic rings. The molecule has 2 atom stereocenters. The van der Waals surface area contributed by atoms with Gasteiger partial charge in [-0.15, -0.1) is 0 Å². The van der Waals surface area contributed by atoms with Crippen molar-refractivity contribution in [2.45, 2.75) is 45.3 Å². The molecule has 14 heavy (non-hydrogen) atoms. The van der Waals surface area contributed by atoms with E-state index in [0.717, 1.165) is 13.0 Å². The van der Waals surface area contributed by atoms with Crippen LogP contribution in [0.2, 0.25) is 0 Å². The molecule has 0 spiro atoms. The van der Waals surface area contributed by atoms with E-state index in [4.69, 9.17) is 9.39 Å². The van der Waals surface area contributed by atoms with Gasteiger partial charge in [0.25, 0.3) is 0 Å². The third kappa shape index (κ3) is 5.75. The van der Waals surface area contributed by atoms with Gasteiger partial charge in [-0.25, -0.2) is 0 Å². The summed E-state index contributed by atoms with van der Waals surface area (Å²) >= 11 is 0. The molecule has 2 saturated heterocycles.